The lowest BCUT2D eigenvalue weighted by molar-refractivity contribution is 0.0918. The fourth-order valence-corrected chi connectivity index (χ4v) is 2.88. The van der Waals surface area contributed by atoms with Crippen LogP contribution < -0.4 is 10.1 Å². The number of hydrogen-bond acceptors (Lipinski definition) is 5. The molecular weight excluding hydrogens is 364 g/mol. The highest BCUT2D eigenvalue weighted by molar-refractivity contribution is 7.71. The molecule has 0 saturated heterocycles. The van der Waals surface area contributed by atoms with Crippen LogP contribution in [0.1, 0.15) is 22.1 Å². The van der Waals surface area contributed by atoms with E-state index in [4.69, 9.17) is 17.0 Å². The van der Waals surface area contributed by atoms with Crippen molar-refractivity contribution in [2.75, 3.05) is 12.4 Å². The van der Waals surface area contributed by atoms with Crippen molar-refractivity contribution >= 4 is 29.7 Å². The van der Waals surface area contributed by atoms with E-state index >= 15 is 0 Å². The largest absolute Gasteiger partial charge is 0.496 e. The number of nitrogens with zero attached hydrogens (tertiary/aromatic N) is 3. The lowest BCUT2D eigenvalue weighted by Crippen LogP contribution is -2.13. The molecule has 0 radical (unpaired) electrons. The van der Waals surface area contributed by atoms with Gasteiger partial charge in [0.1, 0.15) is 5.75 Å². The second-order valence-electron chi connectivity index (χ2n) is 5.83. The van der Waals surface area contributed by atoms with Crippen LogP contribution in [-0.2, 0) is 7.05 Å². The molecular formula is C19H18N4O3S. The summed E-state index contributed by atoms with van der Waals surface area (Å²) in [5, 5.41) is 7.10. The molecule has 0 fully saturated rings. The first-order chi connectivity index (χ1) is 12.9. The summed E-state index contributed by atoms with van der Waals surface area (Å²) in [5.41, 5.74) is 1.85. The molecule has 0 saturated carbocycles. The molecule has 3 aromatic rings. The van der Waals surface area contributed by atoms with Crippen LogP contribution in [0.5, 0.6) is 5.75 Å². The van der Waals surface area contributed by atoms with Crippen molar-refractivity contribution in [3.63, 3.8) is 0 Å². The Morgan fingerprint density at radius 1 is 1.11 bits per heavy atom. The van der Waals surface area contributed by atoms with Crippen LogP contribution in [0.15, 0.2) is 48.5 Å². The maximum Gasteiger partial charge on any atom is 0.259 e. The van der Waals surface area contributed by atoms with Gasteiger partial charge >= 0.3 is 0 Å². The minimum atomic E-state index is -0.264. The second kappa shape index (κ2) is 7.55. The number of hydrogen-bond donors (Lipinski definition) is 1. The number of amides is 1. The van der Waals surface area contributed by atoms with Crippen LogP contribution in [0.3, 0.4) is 0 Å². The van der Waals surface area contributed by atoms with Gasteiger partial charge in [0.2, 0.25) is 10.7 Å². The Labute approximate surface area is 161 Å². The number of para-hydroxylation sites is 1. The highest BCUT2D eigenvalue weighted by Crippen LogP contribution is 2.22. The zero-order chi connectivity index (χ0) is 19.6. The molecule has 1 amide bonds. The van der Waals surface area contributed by atoms with E-state index < -0.39 is 0 Å². The van der Waals surface area contributed by atoms with E-state index in [-0.39, 0.29) is 11.8 Å². The summed E-state index contributed by atoms with van der Waals surface area (Å²) in [7, 11) is 3.27. The number of carbonyl (C=O) groups excluding carboxylic acids is 2. The second-order valence-corrected chi connectivity index (χ2v) is 6.19. The van der Waals surface area contributed by atoms with E-state index in [9.17, 15) is 9.59 Å². The van der Waals surface area contributed by atoms with E-state index in [1.807, 2.05) is 0 Å². The minimum absolute atomic E-state index is 0.248. The number of anilines is 1. The van der Waals surface area contributed by atoms with Crippen LogP contribution in [0, 0.1) is 4.77 Å². The number of ether oxygens (including phenoxy) is 1. The van der Waals surface area contributed by atoms with Crippen molar-refractivity contribution in [3.05, 3.63) is 58.9 Å². The highest BCUT2D eigenvalue weighted by atomic mass is 32.1. The third-order valence-corrected chi connectivity index (χ3v) is 4.48. The highest BCUT2D eigenvalue weighted by Gasteiger charge is 2.14. The lowest BCUT2D eigenvalue weighted by Gasteiger charge is -2.09. The first-order valence-corrected chi connectivity index (χ1v) is 8.55. The number of carbonyl (C=O) groups is 2. The van der Waals surface area contributed by atoms with E-state index in [1.54, 1.807) is 60.1 Å². The molecule has 0 unspecified atom stereocenters. The van der Waals surface area contributed by atoms with Crippen molar-refractivity contribution in [1.82, 2.24) is 14.3 Å². The fourth-order valence-electron chi connectivity index (χ4n) is 2.63. The van der Waals surface area contributed by atoms with Crippen molar-refractivity contribution in [1.29, 1.82) is 0 Å². The summed E-state index contributed by atoms with van der Waals surface area (Å²) in [5.74, 6) is 0.561. The van der Waals surface area contributed by atoms with E-state index in [2.05, 4.69) is 10.4 Å². The zero-order valence-corrected chi connectivity index (χ0v) is 15.9. The third-order valence-electron chi connectivity index (χ3n) is 4.03. The topological polar surface area (TPSA) is 78.2 Å². The SMILES string of the molecule is COc1ccccc1C(=O)Nc1ccc(-c2nn(C(C)=O)c(=S)n2C)cc1. The Morgan fingerprint density at radius 3 is 2.37 bits per heavy atom. The standard InChI is InChI=1S/C19H18N4O3S/c1-12(24)23-19(27)22(2)17(21-23)13-8-10-14(11-9-13)20-18(25)15-6-4-5-7-16(15)26-3/h4-11H,1-3H3,(H,20,25). The Morgan fingerprint density at radius 2 is 1.78 bits per heavy atom. The molecule has 0 aliphatic rings. The lowest BCUT2D eigenvalue weighted by atomic mass is 10.1. The molecule has 8 heteroatoms. The predicted octanol–water partition coefficient (Wildman–Crippen LogP) is 3.54. The Bertz CT molecular complexity index is 1070. The van der Waals surface area contributed by atoms with Crippen LogP contribution in [0.4, 0.5) is 5.69 Å². The molecule has 0 aliphatic carbocycles. The smallest absolute Gasteiger partial charge is 0.259 e. The van der Waals surface area contributed by atoms with Crippen LogP contribution in [-0.4, -0.2) is 33.3 Å². The van der Waals surface area contributed by atoms with Gasteiger partial charge in [-0.15, -0.1) is 5.10 Å². The molecule has 2 aromatic carbocycles. The van der Waals surface area contributed by atoms with E-state index in [0.717, 1.165) is 5.56 Å². The van der Waals surface area contributed by atoms with E-state index in [1.165, 1.54) is 18.7 Å². The van der Waals surface area contributed by atoms with Gasteiger partial charge in [0.25, 0.3) is 5.91 Å². The van der Waals surface area contributed by atoms with Gasteiger partial charge in [0.05, 0.1) is 12.7 Å². The summed E-state index contributed by atoms with van der Waals surface area (Å²) >= 11 is 5.22. The van der Waals surface area contributed by atoms with Gasteiger partial charge < -0.3 is 14.6 Å². The molecule has 0 atom stereocenters. The van der Waals surface area contributed by atoms with Gasteiger partial charge in [0, 0.05) is 25.2 Å². The number of benzene rings is 2. The molecule has 27 heavy (non-hydrogen) atoms. The van der Waals surface area contributed by atoms with Crippen LogP contribution in [0.25, 0.3) is 11.4 Å². The third kappa shape index (κ3) is 3.65. The van der Waals surface area contributed by atoms with Gasteiger partial charge in [-0.25, -0.2) is 0 Å². The summed E-state index contributed by atoms with van der Waals surface area (Å²) in [4.78, 5) is 24.1. The quantitative estimate of drug-likeness (QED) is 0.699. The number of aromatic nitrogens is 3. The average Bonchev–Trinajstić information content (AvgIpc) is 2.97. The maximum absolute atomic E-state index is 12.5. The molecule has 0 aliphatic heterocycles. The van der Waals surface area contributed by atoms with Gasteiger partial charge in [0.15, 0.2) is 5.82 Å². The molecule has 7 nitrogen and oxygen atoms in total. The van der Waals surface area contributed by atoms with Crippen molar-refractivity contribution < 1.29 is 14.3 Å². The maximum atomic E-state index is 12.5. The van der Waals surface area contributed by atoms with Gasteiger partial charge in [-0.2, -0.15) is 4.68 Å². The Kier molecular flexibility index (Phi) is 5.18. The number of methoxy groups -OCH3 is 1. The van der Waals surface area contributed by atoms with Crippen LogP contribution >= 0.6 is 12.2 Å². The summed E-state index contributed by atoms with van der Waals surface area (Å²) in [6, 6.07) is 14.1. The van der Waals surface area contributed by atoms with Crippen LogP contribution in [0.2, 0.25) is 0 Å². The monoisotopic (exact) mass is 382 g/mol. The van der Waals surface area contributed by atoms with E-state index in [0.29, 0.717) is 27.6 Å². The molecule has 1 N–H and O–H groups in total. The summed E-state index contributed by atoms with van der Waals surface area (Å²) in [6.07, 6.45) is 0. The minimum Gasteiger partial charge on any atom is -0.496 e. The summed E-state index contributed by atoms with van der Waals surface area (Å²) < 4.78 is 8.39. The van der Waals surface area contributed by atoms with Gasteiger partial charge in [-0.1, -0.05) is 12.1 Å². The Hall–Kier alpha value is -3.26. The number of rotatable bonds is 4. The normalized spacial score (nSPS) is 10.5. The molecule has 138 valence electrons. The summed E-state index contributed by atoms with van der Waals surface area (Å²) in [6.45, 7) is 1.41. The predicted molar refractivity (Wildman–Crippen MR) is 105 cm³/mol. The first kappa shape index (κ1) is 18.5. The van der Waals surface area contributed by atoms with Crippen molar-refractivity contribution in [2.24, 2.45) is 7.05 Å². The molecule has 0 bridgehead atoms. The van der Waals surface area contributed by atoms with Gasteiger partial charge in [-0.05, 0) is 48.6 Å². The first-order valence-electron chi connectivity index (χ1n) is 8.14. The Balaban J connectivity index is 1.84. The number of nitrogens with one attached hydrogen (secondary N) is 1. The molecule has 0 spiro atoms. The zero-order valence-electron chi connectivity index (χ0n) is 15.1. The van der Waals surface area contributed by atoms with Crippen molar-refractivity contribution in [3.8, 4) is 17.1 Å². The molecule has 3 rings (SSSR count). The van der Waals surface area contributed by atoms with Gasteiger partial charge in [-0.3, -0.25) is 9.59 Å². The molecule has 1 heterocycles. The fraction of sp³-hybridized carbons (Fsp3) is 0.158. The average molecular weight is 382 g/mol. The van der Waals surface area contributed by atoms with Crippen molar-refractivity contribution in [2.45, 2.75) is 6.92 Å². The molecule has 1 aromatic heterocycles.